The molecule has 0 saturated heterocycles. The molecular formula is C18H24N4O5. The van der Waals surface area contributed by atoms with Gasteiger partial charge >= 0.3 is 6.03 Å². The van der Waals surface area contributed by atoms with E-state index in [2.05, 4.69) is 20.9 Å². The number of isocyanates is 1. The first kappa shape index (κ1) is 21.9. The molecule has 0 bridgehead atoms. The maximum absolute atomic E-state index is 11.8. The zero-order valence-corrected chi connectivity index (χ0v) is 15.4. The number of rotatable bonds is 11. The van der Waals surface area contributed by atoms with Gasteiger partial charge in [-0.25, -0.2) is 9.59 Å². The molecule has 9 heteroatoms. The van der Waals surface area contributed by atoms with Gasteiger partial charge in [0.25, 0.3) is 5.91 Å². The third-order valence-electron chi connectivity index (χ3n) is 3.73. The molecule has 0 saturated carbocycles. The lowest BCUT2D eigenvalue weighted by molar-refractivity contribution is -0.138. The van der Waals surface area contributed by atoms with Gasteiger partial charge in [-0.1, -0.05) is 18.9 Å². The van der Waals surface area contributed by atoms with E-state index in [-0.39, 0.29) is 12.5 Å². The van der Waals surface area contributed by atoms with Crippen LogP contribution in [0.5, 0.6) is 5.75 Å². The second-order valence-electron chi connectivity index (χ2n) is 5.64. The number of methoxy groups -OCH3 is 1. The molecule has 1 atom stereocenters. The van der Waals surface area contributed by atoms with Crippen LogP contribution in [0.3, 0.4) is 0 Å². The molecule has 1 aromatic rings. The molecule has 3 N–H and O–H groups in total. The number of amides is 3. The number of unbranched alkanes of at least 4 members (excludes halogenated alkanes) is 2. The molecule has 0 radical (unpaired) electrons. The summed E-state index contributed by atoms with van der Waals surface area (Å²) < 4.78 is 5.08. The Labute approximate surface area is 157 Å². The van der Waals surface area contributed by atoms with Crippen molar-refractivity contribution in [2.45, 2.75) is 31.7 Å². The predicted octanol–water partition coefficient (Wildman–Crippen LogP) is 1.40. The van der Waals surface area contributed by atoms with Crippen molar-refractivity contribution in [1.82, 2.24) is 10.6 Å². The van der Waals surface area contributed by atoms with Gasteiger partial charge in [0.05, 0.1) is 7.11 Å². The average Bonchev–Trinajstić information content (AvgIpc) is 2.68. The van der Waals surface area contributed by atoms with Crippen LogP contribution >= 0.6 is 0 Å². The van der Waals surface area contributed by atoms with Crippen LogP contribution in [-0.4, -0.2) is 50.5 Å². The van der Waals surface area contributed by atoms with E-state index in [0.717, 1.165) is 0 Å². The summed E-state index contributed by atoms with van der Waals surface area (Å²) in [7, 11) is 2.89. The van der Waals surface area contributed by atoms with Crippen molar-refractivity contribution in [3.63, 3.8) is 0 Å². The van der Waals surface area contributed by atoms with Crippen LogP contribution in [0.15, 0.2) is 29.3 Å². The summed E-state index contributed by atoms with van der Waals surface area (Å²) in [5.74, 6) is -0.891. The fraction of sp³-hybridized carbons (Fsp3) is 0.444. The minimum Gasteiger partial charge on any atom is -0.497 e. The van der Waals surface area contributed by atoms with E-state index < -0.39 is 17.7 Å². The smallest absolute Gasteiger partial charge is 0.319 e. The summed E-state index contributed by atoms with van der Waals surface area (Å²) in [4.78, 5) is 48.7. The summed E-state index contributed by atoms with van der Waals surface area (Å²) in [6.45, 7) is 0.445. The Morgan fingerprint density at radius 3 is 2.67 bits per heavy atom. The van der Waals surface area contributed by atoms with E-state index in [1.165, 1.54) is 13.1 Å². The van der Waals surface area contributed by atoms with Gasteiger partial charge in [0, 0.05) is 25.3 Å². The lowest BCUT2D eigenvalue weighted by Gasteiger charge is -2.10. The van der Waals surface area contributed by atoms with E-state index in [0.29, 0.717) is 37.2 Å². The fourth-order valence-electron chi connectivity index (χ4n) is 2.31. The second kappa shape index (κ2) is 12.2. The number of ether oxygens (including phenoxy) is 1. The fourth-order valence-corrected chi connectivity index (χ4v) is 2.31. The summed E-state index contributed by atoms with van der Waals surface area (Å²) in [6, 6.07) is 5.66. The number of hydrogen-bond acceptors (Lipinski definition) is 6. The van der Waals surface area contributed by atoms with E-state index in [9.17, 15) is 19.2 Å². The zero-order chi connectivity index (χ0) is 20.1. The molecule has 0 aliphatic carbocycles. The predicted molar refractivity (Wildman–Crippen MR) is 99.5 cm³/mol. The highest BCUT2D eigenvalue weighted by atomic mass is 16.5. The summed E-state index contributed by atoms with van der Waals surface area (Å²) in [6.07, 6.45) is 3.56. The molecule has 27 heavy (non-hydrogen) atoms. The van der Waals surface area contributed by atoms with Crippen molar-refractivity contribution in [1.29, 1.82) is 0 Å². The molecule has 1 unspecified atom stereocenters. The highest BCUT2D eigenvalue weighted by Crippen LogP contribution is 2.16. The Balaban J connectivity index is 2.27. The topological polar surface area (TPSA) is 126 Å². The van der Waals surface area contributed by atoms with Crippen LogP contribution < -0.4 is 20.7 Å². The third-order valence-corrected chi connectivity index (χ3v) is 3.73. The molecule has 0 fully saturated rings. The van der Waals surface area contributed by atoms with Crippen molar-refractivity contribution in [3.8, 4) is 5.75 Å². The van der Waals surface area contributed by atoms with E-state index >= 15 is 0 Å². The summed E-state index contributed by atoms with van der Waals surface area (Å²) in [5, 5.41) is 7.64. The quantitative estimate of drug-likeness (QED) is 0.233. The maximum atomic E-state index is 11.8. The molecule has 0 spiro atoms. The van der Waals surface area contributed by atoms with Crippen molar-refractivity contribution >= 4 is 29.5 Å². The lowest BCUT2D eigenvalue weighted by Crippen LogP contribution is -2.35. The minimum atomic E-state index is -1.01. The first-order valence-corrected chi connectivity index (χ1v) is 8.53. The minimum absolute atomic E-state index is 0.275. The molecule has 0 aliphatic heterocycles. The highest BCUT2D eigenvalue weighted by Gasteiger charge is 2.23. The highest BCUT2D eigenvalue weighted by molar-refractivity contribution is 6.38. The van der Waals surface area contributed by atoms with Gasteiger partial charge in [0.2, 0.25) is 11.9 Å². The molecule has 146 valence electrons. The number of nitrogens with zero attached hydrogens (tertiary/aromatic N) is 1. The largest absolute Gasteiger partial charge is 0.497 e. The number of benzene rings is 1. The van der Waals surface area contributed by atoms with Gasteiger partial charge in [0.15, 0.2) is 0 Å². The normalized spacial score (nSPS) is 10.9. The number of aliphatic imine (C=N–C) groups is 1. The number of anilines is 1. The monoisotopic (exact) mass is 376 g/mol. The molecule has 1 rings (SSSR count). The Kier molecular flexibility index (Phi) is 9.88. The Morgan fingerprint density at radius 2 is 2.00 bits per heavy atom. The van der Waals surface area contributed by atoms with Crippen molar-refractivity contribution in [3.05, 3.63) is 24.3 Å². The van der Waals surface area contributed by atoms with Crippen LogP contribution in [0.4, 0.5) is 10.5 Å². The van der Waals surface area contributed by atoms with Gasteiger partial charge in [-0.15, -0.1) is 0 Å². The number of carbonyl (C=O) groups is 3. The van der Waals surface area contributed by atoms with Crippen LogP contribution in [0.2, 0.25) is 0 Å². The van der Waals surface area contributed by atoms with Gasteiger partial charge in [0.1, 0.15) is 11.8 Å². The molecule has 0 aliphatic rings. The van der Waals surface area contributed by atoms with Crippen LogP contribution in [0.25, 0.3) is 0 Å². The van der Waals surface area contributed by atoms with Crippen molar-refractivity contribution in [2.75, 3.05) is 26.0 Å². The van der Waals surface area contributed by atoms with Crippen LogP contribution in [0.1, 0.15) is 25.7 Å². The van der Waals surface area contributed by atoms with Crippen LogP contribution in [0, 0.1) is 0 Å². The van der Waals surface area contributed by atoms with Gasteiger partial charge in [-0.2, -0.15) is 4.99 Å². The molecule has 0 heterocycles. The standard InChI is InChI=1S/C18H24N4O5/c1-19-17(25)16(24)15(21-12-23)9-4-3-5-10-20-18(26)22-13-7-6-8-14(11-13)27-2/h6-8,11,15H,3-5,9-10H2,1-2H3,(H,19,25)(H2,20,22,26). The van der Waals surface area contributed by atoms with Crippen molar-refractivity contribution < 1.29 is 23.9 Å². The number of likely N-dealkylation sites (N-methyl/N-ethyl adjacent to an activating group) is 1. The summed E-state index contributed by atoms with van der Waals surface area (Å²) >= 11 is 0. The lowest BCUT2D eigenvalue weighted by atomic mass is 10.0. The number of carbonyl (C=O) groups excluding carboxylic acids is 4. The van der Waals surface area contributed by atoms with E-state index in [4.69, 9.17) is 4.74 Å². The first-order chi connectivity index (χ1) is 13.0. The van der Waals surface area contributed by atoms with Gasteiger partial charge in [-0.3, -0.25) is 9.59 Å². The van der Waals surface area contributed by atoms with Crippen LogP contribution in [-0.2, 0) is 14.4 Å². The molecular weight excluding hydrogens is 352 g/mol. The number of Topliss-reactive ketones (excluding diaryl/α,β-unsaturated/α-hetero) is 1. The molecule has 9 nitrogen and oxygen atoms in total. The summed E-state index contributed by atoms with van der Waals surface area (Å²) in [5.41, 5.74) is 0.620. The van der Waals surface area contributed by atoms with Gasteiger partial charge in [-0.05, 0) is 25.0 Å². The Bertz CT molecular complexity index is 701. The molecule has 1 aromatic carbocycles. The third kappa shape index (κ3) is 8.15. The molecule has 0 aromatic heterocycles. The Morgan fingerprint density at radius 1 is 1.22 bits per heavy atom. The SMILES string of the molecule is CNC(=O)C(=O)C(CCCCCNC(=O)Nc1cccc(OC)c1)N=C=O. The van der Waals surface area contributed by atoms with E-state index in [1.807, 2.05) is 0 Å². The van der Waals surface area contributed by atoms with Gasteiger partial charge < -0.3 is 20.7 Å². The Hall–Kier alpha value is -3.19. The number of hydrogen-bond donors (Lipinski definition) is 3. The average molecular weight is 376 g/mol. The number of nitrogens with one attached hydrogen (secondary N) is 3. The zero-order valence-electron chi connectivity index (χ0n) is 15.4. The van der Waals surface area contributed by atoms with Crippen molar-refractivity contribution in [2.24, 2.45) is 4.99 Å². The maximum Gasteiger partial charge on any atom is 0.319 e. The molecule has 3 amide bonds. The number of urea groups is 1. The first-order valence-electron chi connectivity index (χ1n) is 8.53. The second-order valence-corrected chi connectivity index (χ2v) is 5.64. The number of ketones is 1. The van der Waals surface area contributed by atoms with E-state index in [1.54, 1.807) is 31.4 Å².